The minimum Gasteiger partial charge on any atom is -0.399 e. The minimum absolute atomic E-state index is 0.167. The van der Waals surface area contributed by atoms with Crippen LogP contribution in [-0.4, -0.2) is 11.2 Å². The van der Waals surface area contributed by atoms with Gasteiger partial charge in [-0.1, -0.05) is 18.2 Å². The van der Waals surface area contributed by atoms with Gasteiger partial charge in [0.05, 0.1) is 0 Å². The number of benzene rings is 1. The molecule has 2 heteroatoms. The lowest BCUT2D eigenvalue weighted by Gasteiger charge is -1.83. The lowest BCUT2D eigenvalue weighted by atomic mass is 10.3. The smallest absolute Gasteiger partial charge is 0.0483 e. The molecule has 1 aromatic rings. The van der Waals surface area contributed by atoms with Crippen LogP contribution in [0, 0.1) is 0 Å². The number of rotatable bonds is 0. The van der Waals surface area contributed by atoms with Crippen molar-refractivity contribution in [2.45, 2.75) is 20.0 Å². The first-order valence-electron chi connectivity index (χ1n) is 3.61. The van der Waals surface area contributed by atoms with Crippen LogP contribution in [0.1, 0.15) is 13.8 Å². The first-order valence-corrected chi connectivity index (χ1v) is 3.61. The molecular formula is C9H15NO. The van der Waals surface area contributed by atoms with E-state index in [4.69, 9.17) is 10.8 Å². The molecule has 1 aromatic carbocycles. The average molecular weight is 153 g/mol. The summed E-state index contributed by atoms with van der Waals surface area (Å²) < 4.78 is 0. The van der Waals surface area contributed by atoms with Gasteiger partial charge in [0.25, 0.3) is 0 Å². The summed E-state index contributed by atoms with van der Waals surface area (Å²) in [7, 11) is 0. The van der Waals surface area contributed by atoms with E-state index >= 15 is 0 Å². The van der Waals surface area contributed by atoms with Crippen molar-refractivity contribution in [3.8, 4) is 0 Å². The number of anilines is 1. The molecule has 62 valence electrons. The molecule has 0 saturated carbocycles. The fourth-order valence-electron chi connectivity index (χ4n) is 0.453. The fraction of sp³-hybridized carbons (Fsp3) is 0.333. The second-order valence-electron chi connectivity index (χ2n) is 2.50. The lowest BCUT2D eigenvalue weighted by molar-refractivity contribution is 0.216. The number of hydrogen-bond donors (Lipinski definition) is 2. The highest BCUT2D eigenvalue weighted by Crippen LogP contribution is 1.95. The molecule has 0 aliphatic heterocycles. The van der Waals surface area contributed by atoms with Gasteiger partial charge in [-0.3, -0.25) is 0 Å². The zero-order valence-electron chi connectivity index (χ0n) is 6.99. The molecular weight excluding hydrogens is 138 g/mol. The maximum Gasteiger partial charge on any atom is 0.0483 e. The quantitative estimate of drug-likeness (QED) is 0.557. The van der Waals surface area contributed by atoms with E-state index in [-0.39, 0.29) is 6.10 Å². The normalized spacial score (nSPS) is 8.73. The molecule has 0 spiro atoms. The van der Waals surface area contributed by atoms with Gasteiger partial charge in [0.1, 0.15) is 0 Å². The van der Waals surface area contributed by atoms with E-state index in [1.807, 2.05) is 30.3 Å². The molecule has 0 radical (unpaired) electrons. The Hall–Kier alpha value is -1.02. The number of nitrogen functional groups attached to an aromatic ring is 1. The Morgan fingerprint density at radius 1 is 1.18 bits per heavy atom. The predicted molar refractivity (Wildman–Crippen MR) is 48.2 cm³/mol. The lowest BCUT2D eigenvalue weighted by Crippen LogP contribution is -1.85. The van der Waals surface area contributed by atoms with Crippen molar-refractivity contribution in [3.63, 3.8) is 0 Å². The molecule has 0 bridgehead atoms. The van der Waals surface area contributed by atoms with E-state index in [0.717, 1.165) is 5.69 Å². The second kappa shape index (κ2) is 5.74. The Labute approximate surface area is 67.7 Å². The number of nitrogens with two attached hydrogens (primary N) is 1. The molecule has 3 N–H and O–H groups in total. The molecule has 0 atom stereocenters. The van der Waals surface area contributed by atoms with Gasteiger partial charge in [-0.2, -0.15) is 0 Å². The van der Waals surface area contributed by atoms with Gasteiger partial charge in [0.2, 0.25) is 0 Å². The molecule has 0 aliphatic carbocycles. The molecule has 0 aromatic heterocycles. The maximum atomic E-state index is 8.06. The van der Waals surface area contributed by atoms with Crippen LogP contribution in [0.25, 0.3) is 0 Å². The predicted octanol–water partition coefficient (Wildman–Crippen LogP) is 1.66. The summed E-state index contributed by atoms with van der Waals surface area (Å²) >= 11 is 0. The van der Waals surface area contributed by atoms with Gasteiger partial charge in [0.15, 0.2) is 0 Å². The molecule has 11 heavy (non-hydrogen) atoms. The summed E-state index contributed by atoms with van der Waals surface area (Å²) in [4.78, 5) is 0. The monoisotopic (exact) mass is 153 g/mol. The second-order valence-corrected chi connectivity index (χ2v) is 2.50. The van der Waals surface area contributed by atoms with E-state index in [2.05, 4.69) is 0 Å². The van der Waals surface area contributed by atoms with Crippen molar-refractivity contribution in [2.75, 3.05) is 5.73 Å². The largest absolute Gasteiger partial charge is 0.399 e. The van der Waals surface area contributed by atoms with Crippen LogP contribution in [0.4, 0.5) is 5.69 Å². The van der Waals surface area contributed by atoms with Crippen LogP contribution < -0.4 is 5.73 Å². The SMILES string of the molecule is CC(C)O.Nc1ccccc1. The summed E-state index contributed by atoms with van der Waals surface area (Å²) in [6, 6.07) is 9.49. The van der Waals surface area contributed by atoms with Crippen molar-refractivity contribution in [3.05, 3.63) is 30.3 Å². The maximum absolute atomic E-state index is 8.06. The van der Waals surface area contributed by atoms with Gasteiger partial charge < -0.3 is 10.8 Å². The van der Waals surface area contributed by atoms with Crippen molar-refractivity contribution < 1.29 is 5.11 Å². The van der Waals surface area contributed by atoms with Crippen LogP contribution in [0.2, 0.25) is 0 Å². The van der Waals surface area contributed by atoms with Gasteiger partial charge in [0, 0.05) is 11.8 Å². The Kier molecular flexibility index (Phi) is 5.21. The highest BCUT2D eigenvalue weighted by molar-refractivity contribution is 5.35. The minimum atomic E-state index is -0.167. The Balaban J connectivity index is 0.000000218. The van der Waals surface area contributed by atoms with Gasteiger partial charge >= 0.3 is 0 Å². The van der Waals surface area contributed by atoms with Gasteiger partial charge in [-0.15, -0.1) is 0 Å². The Morgan fingerprint density at radius 3 is 1.73 bits per heavy atom. The number of hydrogen-bond acceptors (Lipinski definition) is 2. The van der Waals surface area contributed by atoms with Crippen LogP contribution in [0.3, 0.4) is 0 Å². The van der Waals surface area contributed by atoms with E-state index in [9.17, 15) is 0 Å². The van der Waals surface area contributed by atoms with Crippen molar-refractivity contribution in [1.29, 1.82) is 0 Å². The molecule has 2 nitrogen and oxygen atoms in total. The van der Waals surface area contributed by atoms with E-state index in [1.54, 1.807) is 13.8 Å². The zero-order valence-corrected chi connectivity index (χ0v) is 6.99. The third-order valence-electron chi connectivity index (χ3n) is 0.800. The topological polar surface area (TPSA) is 46.2 Å². The number of para-hydroxylation sites is 1. The molecule has 0 heterocycles. The summed E-state index contributed by atoms with van der Waals surface area (Å²) in [5, 5.41) is 8.06. The number of aliphatic hydroxyl groups excluding tert-OH is 1. The molecule has 0 amide bonds. The van der Waals surface area contributed by atoms with Crippen LogP contribution in [0.15, 0.2) is 30.3 Å². The zero-order chi connectivity index (χ0) is 8.69. The average Bonchev–Trinajstić information content (AvgIpc) is 1.87. The molecule has 0 aliphatic rings. The first kappa shape index (κ1) is 9.98. The summed E-state index contributed by atoms with van der Waals surface area (Å²) in [5.74, 6) is 0. The fourth-order valence-corrected chi connectivity index (χ4v) is 0.453. The van der Waals surface area contributed by atoms with Gasteiger partial charge in [-0.05, 0) is 26.0 Å². The molecule has 0 saturated heterocycles. The van der Waals surface area contributed by atoms with Crippen LogP contribution >= 0.6 is 0 Å². The highest BCUT2D eigenvalue weighted by atomic mass is 16.3. The summed E-state index contributed by atoms with van der Waals surface area (Å²) in [6.07, 6.45) is -0.167. The molecule has 1 rings (SSSR count). The third-order valence-corrected chi connectivity index (χ3v) is 0.800. The highest BCUT2D eigenvalue weighted by Gasteiger charge is 1.72. The first-order chi connectivity index (χ1) is 5.13. The van der Waals surface area contributed by atoms with Crippen LogP contribution in [0.5, 0.6) is 0 Å². The summed E-state index contributed by atoms with van der Waals surface area (Å²) in [6.45, 7) is 3.44. The molecule has 0 fully saturated rings. The standard InChI is InChI=1S/C6H7N.C3H8O/c7-6-4-2-1-3-5-6;1-3(2)4/h1-5H,7H2;3-4H,1-2H3. The van der Waals surface area contributed by atoms with Crippen molar-refractivity contribution in [1.82, 2.24) is 0 Å². The van der Waals surface area contributed by atoms with Crippen LogP contribution in [-0.2, 0) is 0 Å². The van der Waals surface area contributed by atoms with E-state index in [1.165, 1.54) is 0 Å². The van der Waals surface area contributed by atoms with Gasteiger partial charge in [-0.25, -0.2) is 0 Å². The van der Waals surface area contributed by atoms with Crippen molar-refractivity contribution >= 4 is 5.69 Å². The van der Waals surface area contributed by atoms with Crippen molar-refractivity contribution in [2.24, 2.45) is 0 Å². The Morgan fingerprint density at radius 2 is 1.55 bits per heavy atom. The number of aliphatic hydroxyl groups is 1. The third kappa shape index (κ3) is 8.98. The Bertz CT molecular complexity index is 169. The van der Waals surface area contributed by atoms with E-state index < -0.39 is 0 Å². The molecule has 0 unspecified atom stereocenters. The van der Waals surface area contributed by atoms with E-state index in [0.29, 0.717) is 0 Å². The summed E-state index contributed by atoms with van der Waals surface area (Å²) in [5.41, 5.74) is 6.18.